The van der Waals surface area contributed by atoms with E-state index >= 15 is 0 Å². The molecule has 0 radical (unpaired) electrons. The molecular formula is C34H37N5OS. The van der Waals surface area contributed by atoms with Gasteiger partial charge in [0.2, 0.25) is 0 Å². The summed E-state index contributed by atoms with van der Waals surface area (Å²) in [5, 5.41) is 4.21. The third-order valence-corrected chi connectivity index (χ3v) is 8.89. The van der Waals surface area contributed by atoms with Gasteiger partial charge in [0.1, 0.15) is 10.7 Å². The molecule has 1 amide bonds. The summed E-state index contributed by atoms with van der Waals surface area (Å²) >= 11 is 1.59. The molecule has 6 nitrogen and oxygen atoms in total. The van der Waals surface area contributed by atoms with Crippen molar-refractivity contribution in [2.24, 2.45) is 0 Å². The highest BCUT2D eigenvalue weighted by Crippen LogP contribution is 2.23. The minimum Gasteiger partial charge on any atom is -0.368 e. The molecule has 1 aliphatic heterocycles. The Morgan fingerprint density at radius 2 is 1.68 bits per heavy atom. The summed E-state index contributed by atoms with van der Waals surface area (Å²) in [6.45, 7) is 9.83. The predicted octanol–water partition coefficient (Wildman–Crippen LogP) is 6.45. The van der Waals surface area contributed by atoms with E-state index in [0.717, 1.165) is 44.2 Å². The average molecular weight is 564 g/mol. The predicted molar refractivity (Wildman–Crippen MR) is 169 cm³/mol. The summed E-state index contributed by atoms with van der Waals surface area (Å²) in [7, 11) is 0. The van der Waals surface area contributed by atoms with E-state index in [4.69, 9.17) is 4.98 Å². The van der Waals surface area contributed by atoms with Crippen LogP contribution >= 0.6 is 11.3 Å². The zero-order valence-electron chi connectivity index (χ0n) is 23.8. The summed E-state index contributed by atoms with van der Waals surface area (Å²) in [6, 6.07) is 25.7. The van der Waals surface area contributed by atoms with Crippen molar-refractivity contribution in [2.45, 2.75) is 33.4 Å². The normalized spacial score (nSPS) is 13.8. The number of amides is 1. The van der Waals surface area contributed by atoms with Crippen LogP contribution in [0.15, 0.2) is 84.4 Å². The minimum absolute atomic E-state index is 0.0424. The first-order valence-electron chi connectivity index (χ1n) is 14.4. The molecule has 0 atom stereocenters. The molecule has 0 saturated carbocycles. The van der Waals surface area contributed by atoms with Crippen molar-refractivity contribution in [1.29, 1.82) is 0 Å². The number of nitrogens with zero attached hydrogens (tertiary/aromatic N) is 4. The number of aromatic amines is 1. The number of thiazole rings is 1. The fraction of sp³-hybridized carbons (Fsp3) is 0.294. The van der Waals surface area contributed by atoms with Crippen LogP contribution in [0.1, 0.15) is 37.7 Å². The topological polar surface area (TPSA) is 55.5 Å². The van der Waals surface area contributed by atoms with E-state index in [9.17, 15) is 4.79 Å². The van der Waals surface area contributed by atoms with Gasteiger partial charge in [0.05, 0.1) is 6.54 Å². The maximum Gasteiger partial charge on any atom is 0.273 e. The molecule has 2 aromatic heterocycles. The number of carbonyl (C=O) groups is 1. The van der Waals surface area contributed by atoms with Crippen molar-refractivity contribution in [3.63, 3.8) is 0 Å². The Labute approximate surface area is 246 Å². The molecule has 41 heavy (non-hydrogen) atoms. The monoisotopic (exact) mass is 563 g/mol. The smallest absolute Gasteiger partial charge is 0.273 e. The van der Waals surface area contributed by atoms with E-state index in [2.05, 4.69) is 108 Å². The van der Waals surface area contributed by atoms with Gasteiger partial charge in [0.15, 0.2) is 0 Å². The van der Waals surface area contributed by atoms with E-state index in [1.165, 1.54) is 38.8 Å². The Balaban J connectivity index is 1.11. The molecule has 1 N–H and O–H groups in total. The lowest BCUT2D eigenvalue weighted by molar-refractivity contribution is 0.0741. The van der Waals surface area contributed by atoms with Crippen molar-refractivity contribution in [1.82, 2.24) is 19.8 Å². The second-order valence-corrected chi connectivity index (χ2v) is 11.9. The number of carbonyl (C=O) groups excluding carboxylic acids is 1. The number of para-hydroxylation sites is 2. The summed E-state index contributed by atoms with van der Waals surface area (Å²) < 4.78 is 0. The van der Waals surface area contributed by atoms with Gasteiger partial charge in [0, 0.05) is 67.4 Å². The lowest BCUT2D eigenvalue weighted by Gasteiger charge is -2.36. The fourth-order valence-electron chi connectivity index (χ4n) is 5.69. The number of hydrogen-bond donors (Lipinski definition) is 1. The van der Waals surface area contributed by atoms with Crippen LogP contribution in [0.25, 0.3) is 10.9 Å². The second-order valence-electron chi connectivity index (χ2n) is 11.0. The zero-order chi connectivity index (χ0) is 28.2. The van der Waals surface area contributed by atoms with Crippen LogP contribution in [0.5, 0.6) is 0 Å². The number of rotatable bonds is 9. The van der Waals surface area contributed by atoms with Crippen LogP contribution in [0.2, 0.25) is 0 Å². The molecule has 0 spiro atoms. The molecule has 3 heterocycles. The maximum atomic E-state index is 13.4. The van der Waals surface area contributed by atoms with E-state index in [0.29, 0.717) is 18.8 Å². The number of anilines is 1. The highest BCUT2D eigenvalue weighted by molar-refractivity contribution is 7.09. The van der Waals surface area contributed by atoms with Gasteiger partial charge in [-0.1, -0.05) is 66.2 Å². The standard InChI is InChI=1S/C34H37N5OS/c1-25-11-13-27(14-12-25)22-37(16-15-28-21-35-30-9-5-4-8-29(28)30)23-33-36-31(24-41-33)34(40)39-19-17-38(18-20-39)32-10-6-3-7-26(32)2/h3-14,21,24,35H,15-20,22-23H2,1-2H3. The van der Waals surface area contributed by atoms with E-state index < -0.39 is 0 Å². The lowest BCUT2D eigenvalue weighted by Crippen LogP contribution is -2.49. The number of piperazine rings is 1. The van der Waals surface area contributed by atoms with E-state index in [-0.39, 0.29) is 5.91 Å². The number of hydrogen-bond acceptors (Lipinski definition) is 5. The van der Waals surface area contributed by atoms with E-state index in [1.807, 2.05) is 10.3 Å². The molecule has 1 saturated heterocycles. The molecule has 5 aromatic rings. The first-order valence-corrected chi connectivity index (χ1v) is 15.3. The number of fused-ring (bicyclic) bond motifs is 1. The van der Waals surface area contributed by atoms with Crippen LogP contribution in [0.4, 0.5) is 5.69 Å². The van der Waals surface area contributed by atoms with Crippen LogP contribution < -0.4 is 4.90 Å². The van der Waals surface area contributed by atoms with Crippen molar-refractivity contribution < 1.29 is 4.79 Å². The van der Waals surface area contributed by atoms with E-state index in [1.54, 1.807) is 11.3 Å². The third-order valence-electron chi connectivity index (χ3n) is 8.05. The summed E-state index contributed by atoms with van der Waals surface area (Å²) in [5.41, 5.74) is 8.16. The Morgan fingerprint density at radius 1 is 0.927 bits per heavy atom. The highest BCUT2D eigenvalue weighted by atomic mass is 32.1. The number of aromatic nitrogens is 2. The molecule has 210 valence electrons. The highest BCUT2D eigenvalue weighted by Gasteiger charge is 2.25. The van der Waals surface area contributed by atoms with Gasteiger partial charge in [-0.25, -0.2) is 4.98 Å². The minimum atomic E-state index is 0.0424. The number of aryl methyl sites for hydroxylation is 2. The summed E-state index contributed by atoms with van der Waals surface area (Å²) in [5.74, 6) is 0.0424. The molecule has 6 rings (SSSR count). The van der Waals surface area contributed by atoms with Crippen molar-refractivity contribution in [3.8, 4) is 0 Å². The average Bonchev–Trinajstić information content (AvgIpc) is 3.64. The molecule has 3 aromatic carbocycles. The SMILES string of the molecule is Cc1ccc(CN(CCc2c[nH]c3ccccc23)Cc2nc(C(=O)N3CCN(c4ccccc4C)CC3)cs2)cc1. The maximum absolute atomic E-state index is 13.4. The van der Waals surface area contributed by atoms with Gasteiger partial charge in [-0.3, -0.25) is 9.69 Å². The van der Waals surface area contributed by atoms with Crippen LogP contribution in [0.3, 0.4) is 0 Å². The Morgan fingerprint density at radius 3 is 2.49 bits per heavy atom. The lowest BCUT2D eigenvalue weighted by atomic mass is 10.1. The summed E-state index contributed by atoms with van der Waals surface area (Å²) in [6.07, 6.45) is 3.08. The Kier molecular flexibility index (Phi) is 8.16. The zero-order valence-corrected chi connectivity index (χ0v) is 24.7. The molecule has 7 heteroatoms. The number of nitrogens with one attached hydrogen (secondary N) is 1. The van der Waals surface area contributed by atoms with Gasteiger partial charge in [0.25, 0.3) is 5.91 Å². The van der Waals surface area contributed by atoms with Crippen molar-refractivity contribution >= 4 is 33.8 Å². The van der Waals surface area contributed by atoms with Crippen LogP contribution in [-0.4, -0.2) is 58.4 Å². The Bertz CT molecular complexity index is 1610. The van der Waals surface area contributed by atoms with Gasteiger partial charge in [-0.15, -0.1) is 11.3 Å². The fourth-order valence-corrected chi connectivity index (χ4v) is 6.50. The third kappa shape index (κ3) is 6.37. The Hall–Kier alpha value is -3.94. The van der Waals surface area contributed by atoms with Gasteiger partial charge >= 0.3 is 0 Å². The quantitative estimate of drug-likeness (QED) is 0.224. The van der Waals surface area contributed by atoms with Crippen LogP contribution in [0, 0.1) is 13.8 Å². The molecule has 1 aliphatic rings. The first-order chi connectivity index (χ1) is 20.0. The molecule has 1 fully saturated rings. The van der Waals surface area contributed by atoms with Crippen LogP contribution in [-0.2, 0) is 19.5 Å². The molecular weight excluding hydrogens is 526 g/mol. The first kappa shape index (κ1) is 27.2. The number of H-pyrrole nitrogens is 1. The molecule has 0 unspecified atom stereocenters. The van der Waals surface area contributed by atoms with Gasteiger partial charge < -0.3 is 14.8 Å². The largest absolute Gasteiger partial charge is 0.368 e. The summed E-state index contributed by atoms with van der Waals surface area (Å²) in [4.78, 5) is 28.4. The molecule has 0 aliphatic carbocycles. The van der Waals surface area contributed by atoms with Crippen molar-refractivity contribution in [2.75, 3.05) is 37.6 Å². The molecule has 0 bridgehead atoms. The van der Waals surface area contributed by atoms with Gasteiger partial charge in [-0.2, -0.15) is 0 Å². The second kappa shape index (κ2) is 12.3. The van der Waals surface area contributed by atoms with Gasteiger partial charge in [-0.05, 0) is 49.1 Å². The number of benzene rings is 3. The van der Waals surface area contributed by atoms with Crippen molar-refractivity contribution in [3.05, 3.63) is 117 Å².